The Hall–Kier alpha value is -13.3. The lowest BCUT2D eigenvalue weighted by molar-refractivity contribution is 0.0112. The number of imide groups is 2. The van der Waals surface area contributed by atoms with Gasteiger partial charge in [0.05, 0.1) is 17.3 Å². The molecule has 6 aliphatic heterocycles. The fourth-order valence-corrected chi connectivity index (χ4v) is 23.1. The number of carbonyl (C=O) groups is 7. The number of sulfone groups is 3. The van der Waals surface area contributed by atoms with E-state index in [1.807, 2.05) is 86.3 Å². The van der Waals surface area contributed by atoms with E-state index < -0.39 is 148 Å². The number of aliphatic imine (C=N–C) groups is 3. The van der Waals surface area contributed by atoms with E-state index in [9.17, 15) is 58.8 Å². The number of aromatic nitrogens is 3. The summed E-state index contributed by atoms with van der Waals surface area (Å²) in [5.41, 5.74) is 3.35. The number of nitrogens with one attached hydrogen (secondary N) is 1. The van der Waals surface area contributed by atoms with Gasteiger partial charge in [0.25, 0.3) is 0 Å². The number of hydrogen-bond donors (Lipinski definition) is 2. The second kappa shape index (κ2) is 41.4. The van der Waals surface area contributed by atoms with Crippen LogP contribution < -0.4 is 20.9 Å². The van der Waals surface area contributed by atoms with Gasteiger partial charge in [-0.3, -0.25) is 44.3 Å². The van der Waals surface area contributed by atoms with Crippen LogP contribution in [0.15, 0.2) is 185 Å². The van der Waals surface area contributed by atoms with Gasteiger partial charge in [-0.2, -0.15) is 9.80 Å². The van der Waals surface area contributed by atoms with Crippen LogP contribution in [0.2, 0.25) is 0 Å². The highest BCUT2D eigenvalue weighted by molar-refractivity contribution is 7.94. The summed E-state index contributed by atoms with van der Waals surface area (Å²) in [5, 5.41) is 2.91. The van der Waals surface area contributed by atoms with Crippen LogP contribution >= 0.6 is 0 Å². The highest BCUT2D eigenvalue weighted by Crippen LogP contribution is 2.49. The molecular weight excluding hydrogens is 1840 g/mol. The molecule has 3 fully saturated rings. The van der Waals surface area contributed by atoms with Gasteiger partial charge in [0.1, 0.15) is 91.1 Å². The fourth-order valence-electron chi connectivity index (χ4n) is 16.2. The maximum atomic E-state index is 15.9. The molecule has 3 spiro atoms. The number of anilines is 2. The van der Waals surface area contributed by atoms with Gasteiger partial charge in [-0.15, -0.1) is 0 Å². The van der Waals surface area contributed by atoms with Crippen LogP contribution in [0, 0.1) is 73.7 Å². The van der Waals surface area contributed by atoms with Gasteiger partial charge < -0.3 is 39.8 Å². The first-order valence-electron chi connectivity index (χ1n) is 44.4. The lowest BCUT2D eigenvalue weighted by atomic mass is 9.89. The Labute approximate surface area is 813 Å². The summed E-state index contributed by atoms with van der Waals surface area (Å²) >= 11 is 0. The van der Waals surface area contributed by atoms with Crippen molar-refractivity contribution < 1.29 is 92.4 Å². The minimum absolute atomic E-state index is 0. The normalized spacial score (nSPS) is 19.5. The number of carbonyl (C=O) groups excluding carboxylic acids is 7. The van der Waals surface area contributed by atoms with Gasteiger partial charge in [0.15, 0.2) is 61.1 Å². The molecule has 3 atom stereocenters. The molecule has 5 aromatic carbocycles. The number of hydrogen-bond acceptors (Lipinski definition) is 27. The van der Waals surface area contributed by atoms with Gasteiger partial charge in [-0.1, -0.05) is 92.1 Å². The minimum atomic E-state index is -4.30. The maximum Gasteiger partial charge on any atom is 0.425 e. The highest BCUT2D eigenvalue weighted by atomic mass is 32.2. The standard InChI is InChI=1S/C37H43FN4O7S.C31H39FN4O7S.C27H27FN4O3S.C8H6.CH4.H2/c1-24-14-17-29(39-20-24)30(43)19-25-15-16-28(38)27(18-25)36(8)23-50(46,47)37(21-41(22-37)26-12-10-9-11-13-26)31(40-36)42(32(44)48-34(2,3)4)33(45)49-35(5,6)7;1-19-9-12-23(34-15-19)24(37)14-20-10-11-22(32)21(13-20)30(8)18-44(40,41)31(16-33-17-31)25(35-30)36(26(38)42-28(2,3)4)27(39)43-29(5,6)7;1-18-8-11-23(30-14-18)24(33)13-19-9-10-22(28)21(12-19)26(2)17-36(34,35)27(25(29)31-26)15-32(16-27)20-6-4-3-5-7-20;1-3-5-7-8-6-4-2;;/h9-18,20H,19,21-23H2,1-8H3;9-13,15,33H,14,16-18H2,1-8H3;3-12,14H,13,15-17H2,1-2H3,(H2,29,31);1-2H3;1H4;1H/t36-;30-;26-;;;/m000.../s1. The van der Waals surface area contributed by atoms with Gasteiger partial charge in [0, 0.05) is 107 Å². The van der Waals surface area contributed by atoms with Crippen LogP contribution in [-0.4, -0.2) is 202 Å². The Morgan fingerprint density at radius 3 is 0.964 bits per heavy atom. The number of nitrogens with two attached hydrogens (primary N) is 1. The van der Waals surface area contributed by atoms with Crippen molar-refractivity contribution in [3.8, 4) is 35.5 Å². The molecule has 0 aliphatic carbocycles. The zero-order valence-corrected chi connectivity index (χ0v) is 83.4. The molecule has 9 heterocycles. The third-order valence-corrected chi connectivity index (χ3v) is 30.9. The zero-order chi connectivity index (χ0) is 102. The van der Waals surface area contributed by atoms with Crippen molar-refractivity contribution in [2.45, 2.75) is 218 Å². The van der Waals surface area contributed by atoms with Crippen LogP contribution in [0.4, 0.5) is 43.7 Å². The second-order valence-corrected chi connectivity index (χ2v) is 46.3. The molecule has 0 bridgehead atoms. The molecule has 35 heteroatoms. The number of Topliss-reactive ketones (excluding diaryl/α,β-unsaturated/α-hetero) is 3. The molecule has 3 N–H and O–H groups in total. The summed E-state index contributed by atoms with van der Waals surface area (Å²) in [6.45, 7) is 32.5. The average molecular weight is 1960 g/mol. The summed E-state index contributed by atoms with van der Waals surface area (Å²) in [7, 11) is -12.3. The van der Waals surface area contributed by atoms with Crippen LogP contribution in [-0.2, 0) is 84.3 Å². The molecule has 4 amide bonds. The number of para-hydroxylation sites is 2. The molecular formula is C104H121F3N12O17S3. The molecule has 6 aliphatic rings. The van der Waals surface area contributed by atoms with Crippen molar-refractivity contribution in [2.75, 3.05) is 66.3 Å². The second-order valence-electron chi connectivity index (χ2n) is 39.4. The highest BCUT2D eigenvalue weighted by Gasteiger charge is 2.67. The topological polar surface area (TPSA) is 386 Å². The van der Waals surface area contributed by atoms with Gasteiger partial charge in [0.2, 0.25) is 0 Å². The number of pyridine rings is 3. The van der Waals surface area contributed by atoms with Crippen molar-refractivity contribution in [2.24, 2.45) is 20.7 Å². The predicted molar refractivity (Wildman–Crippen MR) is 531 cm³/mol. The summed E-state index contributed by atoms with van der Waals surface area (Å²) in [5.74, 6) is 10.1. The molecule has 738 valence electrons. The van der Waals surface area contributed by atoms with E-state index in [4.69, 9.17) is 34.7 Å². The Morgan fingerprint density at radius 1 is 0.417 bits per heavy atom. The lowest BCUT2D eigenvalue weighted by Gasteiger charge is -2.54. The SMILES string of the molecule is C.CC#CC#CC#CC.Cc1ccc(C(=O)Cc2ccc(F)c([C@]3(C)CS(=O)(=O)C4(CN(c5ccccc5)C4)C(N(C(=O)OC(C)(C)C)C(=O)OC(C)(C)C)=N3)c2)nc1.Cc1ccc(C(=O)Cc2ccc(F)c([C@]3(C)CS(=O)(=O)C4(CN(c5ccccc5)C4)C(N)=N3)c2)nc1.Cc1ccc(C(=O)Cc2ccc(F)c([C@]3(C)CS(=O)(=O)C4(CNC4)C(N(C(=O)OC(C)(C)C)C(=O)OC(C)(C)C)=N3)c2)nc1.[HH]. The van der Waals surface area contributed by atoms with Crippen LogP contribution in [0.5, 0.6) is 0 Å². The van der Waals surface area contributed by atoms with Crippen molar-refractivity contribution >= 4 is 100 Å². The Balaban J connectivity index is 0.000000226. The molecule has 8 aromatic rings. The third-order valence-electron chi connectivity index (χ3n) is 23.1. The maximum absolute atomic E-state index is 15.9. The first-order valence-corrected chi connectivity index (χ1v) is 49.3. The summed E-state index contributed by atoms with van der Waals surface area (Å²) < 4.78 is 148. The molecule has 14 rings (SSSR count). The van der Waals surface area contributed by atoms with Crippen molar-refractivity contribution in [1.29, 1.82) is 0 Å². The van der Waals surface area contributed by atoms with Crippen LogP contribution in [0.3, 0.4) is 0 Å². The van der Waals surface area contributed by atoms with E-state index in [0.717, 1.165) is 40.2 Å². The quantitative estimate of drug-likeness (QED) is 0.0580. The van der Waals surface area contributed by atoms with Gasteiger partial charge in [-0.05, 0) is 274 Å². The van der Waals surface area contributed by atoms with Gasteiger partial charge >= 0.3 is 24.4 Å². The number of ether oxygens (including phenoxy) is 4. The number of amidine groups is 3. The third kappa shape index (κ3) is 24.5. The van der Waals surface area contributed by atoms with Crippen molar-refractivity contribution in [3.05, 3.63) is 255 Å². The van der Waals surface area contributed by atoms with Crippen LogP contribution in [0.1, 0.15) is 208 Å². The number of rotatable bonds is 14. The van der Waals surface area contributed by atoms with E-state index in [0.29, 0.717) is 32.2 Å². The van der Waals surface area contributed by atoms with E-state index in [1.165, 1.54) is 56.3 Å². The molecule has 0 unspecified atom stereocenters. The molecule has 3 saturated heterocycles. The number of benzene rings is 5. The monoisotopic (exact) mass is 1960 g/mol. The first-order chi connectivity index (χ1) is 64.2. The fraction of sp³-hybridized carbons (Fsp3) is 0.413. The smallest absolute Gasteiger partial charge is 0.425 e. The molecule has 0 saturated carbocycles. The molecule has 29 nitrogen and oxygen atoms in total. The lowest BCUT2D eigenvalue weighted by Crippen LogP contribution is -2.76. The number of halogens is 3. The number of aryl methyl sites for hydroxylation is 3. The predicted octanol–water partition coefficient (Wildman–Crippen LogP) is 16.1. The Kier molecular flexibility index (Phi) is 32.1. The Bertz CT molecular complexity index is 6660. The van der Waals surface area contributed by atoms with E-state index >= 15 is 13.2 Å². The van der Waals surface area contributed by atoms with E-state index in [1.54, 1.807) is 164 Å². The van der Waals surface area contributed by atoms with Crippen molar-refractivity contribution in [1.82, 2.24) is 30.1 Å². The average Bonchev–Trinajstić information content (AvgIpc) is 0.706. The summed E-state index contributed by atoms with van der Waals surface area (Å²) in [4.78, 5) is 125. The first kappa shape index (κ1) is 108. The summed E-state index contributed by atoms with van der Waals surface area (Å²) in [6, 6.07) is 41.0. The molecule has 0 radical (unpaired) electrons. The number of ketones is 3. The van der Waals surface area contributed by atoms with Gasteiger partial charge in [-0.25, -0.2) is 57.6 Å². The minimum Gasteiger partial charge on any atom is -0.443 e. The largest absolute Gasteiger partial charge is 0.443 e. The van der Waals surface area contributed by atoms with E-state index in [-0.39, 0.29) is 124 Å². The molecule has 139 heavy (non-hydrogen) atoms. The zero-order valence-electron chi connectivity index (χ0n) is 81.0. The van der Waals surface area contributed by atoms with Crippen molar-refractivity contribution in [3.63, 3.8) is 0 Å². The van der Waals surface area contributed by atoms with Crippen LogP contribution in [0.25, 0.3) is 0 Å². The molecule has 3 aromatic heterocycles. The number of amides is 4. The number of nitrogens with zero attached hydrogens (tertiary/aromatic N) is 10. The Morgan fingerprint density at radius 2 is 0.698 bits per heavy atom. The summed E-state index contributed by atoms with van der Waals surface area (Å²) in [6.07, 6.45) is -0.238. The van der Waals surface area contributed by atoms with E-state index in [2.05, 4.69) is 60.8 Å².